The van der Waals surface area contributed by atoms with Crippen LogP contribution in [0.3, 0.4) is 0 Å². The number of hydrogen-bond acceptors (Lipinski definition) is 13. The number of carbonyl (C=O) groups is 6. The molecule has 2 saturated heterocycles. The molecule has 392 valence electrons. The summed E-state index contributed by atoms with van der Waals surface area (Å²) in [6, 6.07) is 29.0. The number of fused-ring (bicyclic) bond motifs is 2. The molecule has 0 spiro atoms. The Morgan fingerprint density at radius 3 is 1.32 bits per heavy atom. The first kappa shape index (κ1) is 52.9. The number of benzene rings is 4. The van der Waals surface area contributed by atoms with Crippen LogP contribution in [0.1, 0.15) is 99.0 Å². The van der Waals surface area contributed by atoms with E-state index in [1.807, 2.05) is 48.5 Å². The molecule has 6 heterocycles. The van der Waals surface area contributed by atoms with Gasteiger partial charge in [0.2, 0.25) is 11.8 Å². The zero-order valence-electron chi connectivity index (χ0n) is 41.2. The highest BCUT2D eigenvalue weighted by Gasteiger charge is 2.37. The van der Waals surface area contributed by atoms with Crippen molar-refractivity contribution in [1.29, 1.82) is 0 Å². The predicted molar refractivity (Wildman–Crippen MR) is 280 cm³/mol. The second kappa shape index (κ2) is 23.7. The molecule has 0 atom stereocenters. The number of aromatic nitrogens is 4. The number of rotatable bonds is 15. The minimum Gasteiger partial charge on any atom is -0.497 e. The van der Waals surface area contributed by atoms with Crippen molar-refractivity contribution < 1.29 is 52.8 Å². The zero-order chi connectivity index (χ0) is 51.9. The number of anilines is 4. The van der Waals surface area contributed by atoms with Crippen LogP contribution in [0.5, 0.6) is 11.5 Å². The fraction of sp³-hybridized carbons (Fsp3) is 0.345. The molecule has 20 heteroatoms. The molecule has 4 aromatic carbocycles. The van der Waals surface area contributed by atoms with Gasteiger partial charge in [0.25, 0.3) is 17.7 Å². The molecule has 4 aliphatic heterocycles. The average Bonchev–Trinajstić information content (AvgIpc) is 4.04. The lowest BCUT2D eigenvalue weighted by atomic mass is 10.0. The van der Waals surface area contributed by atoms with E-state index in [-0.39, 0.29) is 74.6 Å². The number of ether oxygens (including phenoxy) is 4. The molecule has 5 amide bonds. The Balaban J connectivity index is 0.000000199. The number of nitrogens with two attached hydrogens (primary N) is 1. The molecule has 3 N–H and O–H groups in total. The third-order valence-electron chi connectivity index (χ3n) is 13.4. The number of carbonyl (C=O) groups excluding carboxylic acids is 6. The van der Waals surface area contributed by atoms with Crippen LogP contribution in [0.2, 0.25) is 0 Å². The molecule has 0 radical (unpaired) electrons. The van der Waals surface area contributed by atoms with E-state index in [2.05, 4.69) is 10.2 Å². The van der Waals surface area contributed by atoms with E-state index in [0.29, 0.717) is 103 Å². The summed E-state index contributed by atoms with van der Waals surface area (Å²) < 4.78 is 23.9. The maximum absolute atomic E-state index is 13.9. The smallest absolute Gasteiger partial charge is 0.359 e. The number of esters is 1. The zero-order valence-corrected chi connectivity index (χ0v) is 41.2. The Bertz CT molecular complexity index is 3040. The van der Waals surface area contributed by atoms with Gasteiger partial charge in [-0.1, -0.05) is 7.43 Å². The maximum atomic E-state index is 13.9. The fourth-order valence-corrected chi connectivity index (χ4v) is 9.61. The van der Waals surface area contributed by atoms with Crippen LogP contribution in [0, 0.1) is 0 Å². The number of primary amides is 1. The Hall–Kier alpha value is -8.36. The summed E-state index contributed by atoms with van der Waals surface area (Å²) in [7, 11) is 3.14. The molecular formula is C55H61N9O11. The molecule has 0 aliphatic carbocycles. The van der Waals surface area contributed by atoms with E-state index in [4.69, 9.17) is 29.8 Å². The largest absolute Gasteiger partial charge is 0.497 e. The molecule has 0 bridgehead atoms. The van der Waals surface area contributed by atoms with Crippen molar-refractivity contribution >= 4 is 58.3 Å². The van der Waals surface area contributed by atoms with E-state index < -0.39 is 11.9 Å². The lowest BCUT2D eigenvalue weighted by molar-refractivity contribution is -0.120. The van der Waals surface area contributed by atoms with Gasteiger partial charge in [0.15, 0.2) is 11.4 Å². The van der Waals surface area contributed by atoms with Crippen molar-refractivity contribution in [3.05, 3.63) is 131 Å². The second-order valence-corrected chi connectivity index (χ2v) is 17.9. The van der Waals surface area contributed by atoms with Crippen molar-refractivity contribution in [3.8, 4) is 22.9 Å². The van der Waals surface area contributed by atoms with E-state index in [1.54, 1.807) is 82.4 Å². The van der Waals surface area contributed by atoms with Gasteiger partial charge in [-0.2, -0.15) is 10.2 Å². The van der Waals surface area contributed by atoms with Gasteiger partial charge in [0, 0.05) is 72.9 Å². The first-order chi connectivity index (χ1) is 36.0. The second-order valence-electron chi connectivity index (χ2n) is 17.9. The lowest BCUT2D eigenvalue weighted by Crippen LogP contribution is -2.39. The number of methoxy groups -OCH3 is 2. The minimum atomic E-state index is -0.666. The Morgan fingerprint density at radius 2 is 0.920 bits per heavy atom. The van der Waals surface area contributed by atoms with Crippen LogP contribution in [0.15, 0.2) is 97.1 Å². The van der Waals surface area contributed by atoms with Crippen molar-refractivity contribution in [1.82, 2.24) is 19.6 Å². The SMILES string of the molecule is C.COc1ccc(-n2nc(C(=O)OCCOCCO)c3c2C(=O)N(c2ccc(N4CCCCC4=O)cc2)CC3)cc1.COc1ccc(-n2nc(C(N)=O)c3c2C(=O)N(c2ccc(N4CCCCC4=O)cc2)CC3)cc1. The number of nitrogens with zero attached hydrogens (tertiary/aromatic N) is 8. The average molecular weight is 1020 g/mol. The lowest BCUT2D eigenvalue weighted by Gasteiger charge is -2.29. The van der Waals surface area contributed by atoms with E-state index in [9.17, 15) is 28.8 Å². The van der Waals surface area contributed by atoms with Gasteiger partial charge in [-0.25, -0.2) is 14.2 Å². The number of aliphatic hydroxyl groups is 1. The van der Waals surface area contributed by atoms with Crippen molar-refractivity contribution in [3.63, 3.8) is 0 Å². The van der Waals surface area contributed by atoms with Gasteiger partial charge >= 0.3 is 5.97 Å². The summed E-state index contributed by atoms with van der Waals surface area (Å²) in [5, 5.41) is 17.7. The number of amides is 5. The molecule has 0 saturated carbocycles. The first-order valence-electron chi connectivity index (χ1n) is 24.6. The van der Waals surface area contributed by atoms with Crippen LogP contribution < -0.4 is 34.8 Å². The Morgan fingerprint density at radius 1 is 0.520 bits per heavy atom. The van der Waals surface area contributed by atoms with Gasteiger partial charge in [0.05, 0.1) is 45.4 Å². The van der Waals surface area contributed by atoms with E-state index in [1.165, 1.54) is 9.36 Å². The summed E-state index contributed by atoms with van der Waals surface area (Å²) >= 11 is 0. The molecular weight excluding hydrogens is 963 g/mol. The van der Waals surface area contributed by atoms with Crippen LogP contribution in [-0.2, 0) is 31.9 Å². The summed E-state index contributed by atoms with van der Waals surface area (Å²) in [5.41, 5.74) is 11.7. The minimum absolute atomic E-state index is 0. The van der Waals surface area contributed by atoms with Gasteiger partial charge < -0.3 is 49.4 Å². The van der Waals surface area contributed by atoms with Gasteiger partial charge in [0.1, 0.15) is 29.5 Å². The van der Waals surface area contributed by atoms with Crippen molar-refractivity contribution in [2.24, 2.45) is 5.73 Å². The normalized spacial score (nSPS) is 15.3. The third kappa shape index (κ3) is 11.1. The molecule has 0 unspecified atom stereocenters. The highest BCUT2D eigenvalue weighted by Crippen LogP contribution is 2.34. The molecule has 10 rings (SSSR count). The molecule has 6 aromatic rings. The quantitative estimate of drug-likeness (QED) is 0.0875. The molecule has 75 heavy (non-hydrogen) atoms. The predicted octanol–water partition coefficient (Wildman–Crippen LogP) is 6.10. The van der Waals surface area contributed by atoms with Crippen molar-refractivity contribution in [2.45, 2.75) is 58.8 Å². The van der Waals surface area contributed by atoms with E-state index >= 15 is 0 Å². The molecule has 2 fully saturated rings. The Kier molecular flexibility index (Phi) is 16.7. The van der Waals surface area contributed by atoms with E-state index in [0.717, 1.165) is 37.1 Å². The Labute approximate surface area is 434 Å². The number of hydrogen-bond donors (Lipinski definition) is 2. The molecule has 20 nitrogen and oxygen atoms in total. The van der Waals surface area contributed by atoms with Crippen LogP contribution >= 0.6 is 0 Å². The number of aliphatic hydroxyl groups excluding tert-OH is 1. The third-order valence-corrected chi connectivity index (χ3v) is 13.4. The summed E-state index contributed by atoms with van der Waals surface area (Å²) in [6.07, 6.45) is 5.74. The monoisotopic (exact) mass is 1020 g/mol. The summed E-state index contributed by atoms with van der Waals surface area (Å²) in [6.45, 7) is 2.31. The molecule has 2 aromatic heterocycles. The molecule has 4 aliphatic rings. The standard InChI is InChI=1S/C29H32N4O7.C25H25N5O4.CH4/c1-38-23-11-9-22(10-12-23)33-27-24(26(30-33)29(37)40-19-18-39-17-16-34)13-15-32(28(27)36)21-7-5-20(6-8-21)31-14-3-2-4-25(31)35;1-34-19-11-9-18(10-12-19)30-23-20(22(27-30)24(26)32)13-15-29(25(23)33)17-7-5-16(6-8-17)28-14-3-2-4-21(28)31;/h5-12,34H,2-4,13-19H2,1H3;5-12H,2-4,13-15H2,1H3,(H2,26,32);1H4. The number of piperidine rings is 2. The van der Waals surface area contributed by atoms with Crippen LogP contribution in [-0.4, -0.2) is 127 Å². The maximum Gasteiger partial charge on any atom is 0.359 e. The van der Waals surface area contributed by atoms with Gasteiger partial charge in [-0.3, -0.25) is 24.0 Å². The highest BCUT2D eigenvalue weighted by molar-refractivity contribution is 6.10. The first-order valence-corrected chi connectivity index (χ1v) is 24.6. The van der Waals surface area contributed by atoms with Gasteiger partial charge in [-0.05, 0) is 136 Å². The topological polar surface area (TPSA) is 234 Å². The summed E-state index contributed by atoms with van der Waals surface area (Å²) in [4.78, 5) is 84.1. The van der Waals surface area contributed by atoms with Crippen LogP contribution in [0.25, 0.3) is 11.4 Å². The fourth-order valence-electron chi connectivity index (χ4n) is 9.61. The van der Waals surface area contributed by atoms with Gasteiger partial charge in [-0.15, -0.1) is 0 Å². The highest BCUT2D eigenvalue weighted by atomic mass is 16.6. The van der Waals surface area contributed by atoms with Crippen molar-refractivity contribution in [2.75, 3.05) is 86.4 Å². The summed E-state index contributed by atoms with van der Waals surface area (Å²) in [5.74, 6) is -0.322. The van der Waals surface area contributed by atoms with Crippen LogP contribution in [0.4, 0.5) is 22.7 Å².